The lowest BCUT2D eigenvalue weighted by molar-refractivity contribution is 0.322. The van der Waals surface area contributed by atoms with E-state index < -0.39 is 0 Å². The van der Waals surface area contributed by atoms with Crippen LogP contribution in [0.3, 0.4) is 0 Å². The molecule has 0 saturated carbocycles. The first-order valence-corrected chi connectivity index (χ1v) is 6.24. The summed E-state index contributed by atoms with van der Waals surface area (Å²) in [5, 5.41) is 7.33. The van der Waals surface area contributed by atoms with Crippen LogP contribution in [0.2, 0.25) is 0 Å². The van der Waals surface area contributed by atoms with Crippen molar-refractivity contribution in [2.75, 3.05) is 19.0 Å². The highest BCUT2D eigenvalue weighted by Gasteiger charge is 1.96. The molecule has 16 heavy (non-hydrogen) atoms. The van der Waals surface area contributed by atoms with Crippen LogP contribution >= 0.6 is 11.3 Å². The Morgan fingerprint density at radius 3 is 2.62 bits per heavy atom. The quantitative estimate of drug-likeness (QED) is 0.854. The molecule has 3 heteroatoms. The molecule has 0 radical (unpaired) electrons. The van der Waals surface area contributed by atoms with Gasteiger partial charge in [0.25, 0.3) is 0 Å². The van der Waals surface area contributed by atoms with Crippen molar-refractivity contribution in [2.45, 2.75) is 6.42 Å². The van der Waals surface area contributed by atoms with Crippen LogP contribution in [0.1, 0.15) is 5.56 Å². The highest BCUT2D eigenvalue weighted by molar-refractivity contribution is 7.07. The molecule has 1 aromatic carbocycles. The number of thiophene rings is 1. The summed E-state index contributed by atoms with van der Waals surface area (Å²) in [5.74, 6) is 0.925. The van der Waals surface area contributed by atoms with E-state index in [4.69, 9.17) is 4.74 Å². The SMILES string of the molecule is CNc1ccc(OCCc2ccsc2)cc1. The van der Waals surface area contributed by atoms with Gasteiger partial charge in [-0.3, -0.25) is 0 Å². The predicted octanol–water partition coefficient (Wildman–Crippen LogP) is 3.41. The molecule has 0 unspecified atom stereocenters. The molecule has 1 aromatic heterocycles. The fraction of sp³-hybridized carbons (Fsp3) is 0.231. The summed E-state index contributed by atoms with van der Waals surface area (Å²) in [6, 6.07) is 10.1. The van der Waals surface area contributed by atoms with E-state index in [9.17, 15) is 0 Å². The molecular formula is C13H15NOS. The van der Waals surface area contributed by atoms with Crippen molar-refractivity contribution >= 4 is 17.0 Å². The summed E-state index contributed by atoms with van der Waals surface area (Å²) in [6.07, 6.45) is 0.970. The largest absolute Gasteiger partial charge is 0.493 e. The van der Waals surface area contributed by atoms with Gasteiger partial charge < -0.3 is 10.1 Å². The van der Waals surface area contributed by atoms with Gasteiger partial charge in [-0.05, 0) is 46.7 Å². The van der Waals surface area contributed by atoms with Crippen LogP contribution in [0.4, 0.5) is 5.69 Å². The van der Waals surface area contributed by atoms with Crippen LogP contribution in [-0.2, 0) is 6.42 Å². The third-order valence-electron chi connectivity index (χ3n) is 2.38. The topological polar surface area (TPSA) is 21.3 Å². The van der Waals surface area contributed by atoms with Crippen LogP contribution in [-0.4, -0.2) is 13.7 Å². The molecule has 0 aliphatic heterocycles. The second-order valence-electron chi connectivity index (χ2n) is 3.50. The molecule has 1 heterocycles. The van der Waals surface area contributed by atoms with E-state index in [2.05, 4.69) is 22.1 Å². The van der Waals surface area contributed by atoms with Gasteiger partial charge in [0.1, 0.15) is 5.75 Å². The number of nitrogens with one attached hydrogen (secondary N) is 1. The molecule has 0 fully saturated rings. The van der Waals surface area contributed by atoms with Gasteiger partial charge in [-0.1, -0.05) is 0 Å². The Kier molecular flexibility index (Phi) is 3.83. The Bertz CT molecular complexity index is 408. The molecule has 2 rings (SSSR count). The smallest absolute Gasteiger partial charge is 0.119 e. The van der Waals surface area contributed by atoms with Crippen molar-refractivity contribution in [3.05, 3.63) is 46.7 Å². The molecular weight excluding hydrogens is 218 g/mol. The highest BCUT2D eigenvalue weighted by Crippen LogP contribution is 2.15. The summed E-state index contributed by atoms with van der Waals surface area (Å²) in [5.41, 5.74) is 2.45. The molecule has 0 amide bonds. The van der Waals surface area contributed by atoms with E-state index in [0.717, 1.165) is 24.5 Å². The minimum absolute atomic E-state index is 0.732. The van der Waals surface area contributed by atoms with E-state index in [0.29, 0.717) is 0 Å². The van der Waals surface area contributed by atoms with Crippen molar-refractivity contribution < 1.29 is 4.74 Å². The summed E-state index contributed by atoms with van der Waals surface area (Å²) >= 11 is 1.73. The van der Waals surface area contributed by atoms with Gasteiger partial charge in [-0.2, -0.15) is 11.3 Å². The normalized spacial score (nSPS) is 10.1. The predicted molar refractivity (Wildman–Crippen MR) is 69.5 cm³/mol. The van der Waals surface area contributed by atoms with Crippen LogP contribution in [0.15, 0.2) is 41.1 Å². The monoisotopic (exact) mass is 233 g/mol. The number of benzene rings is 1. The number of ether oxygens (including phenoxy) is 1. The van der Waals surface area contributed by atoms with Crippen LogP contribution in [0.25, 0.3) is 0 Å². The average molecular weight is 233 g/mol. The molecule has 0 saturated heterocycles. The van der Waals surface area contributed by atoms with E-state index in [1.54, 1.807) is 11.3 Å². The van der Waals surface area contributed by atoms with Gasteiger partial charge in [0.05, 0.1) is 6.61 Å². The summed E-state index contributed by atoms with van der Waals surface area (Å²) in [6.45, 7) is 0.732. The minimum Gasteiger partial charge on any atom is -0.493 e. The second-order valence-corrected chi connectivity index (χ2v) is 4.28. The first kappa shape index (κ1) is 11.0. The molecule has 1 N–H and O–H groups in total. The molecule has 2 nitrogen and oxygen atoms in total. The Morgan fingerprint density at radius 2 is 2.00 bits per heavy atom. The van der Waals surface area contributed by atoms with E-state index in [1.807, 2.05) is 31.3 Å². The Balaban J connectivity index is 1.81. The van der Waals surface area contributed by atoms with Crippen LogP contribution in [0, 0.1) is 0 Å². The number of hydrogen-bond donors (Lipinski definition) is 1. The van der Waals surface area contributed by atoms with Gasteiger partial charge >= 0.3 is 0 Å². The third-order valence-corrected chi connectivity index (χ3v) is 3.11. The molecule has 0 spiro atoms. The number of anilines is 1. The molecule has 0 aliphatic carbocycles. The lowest BCUT2D eigenvalue weighted by atomic mass is 10.2. The Labute approximate surface area is 99.9 Å². The lowest BCUT2D eigenvalue weighted by Gasteiger charge is -2.06. The Morgan fingerprint density at radius 1 is 1.19 bits per heavy atom. The van der Waals surface area contributed by atoms with Crippen LogP contribution < -0.4 is 10.1 Å². The molecule has 0 atom stereocenters. The van der Waals surface area contributed by atoms with Gasteiger partial charge in [0, 0.05) is 19.2 Å². The molecule has 84 valence electrons. The third kappa shape index (κ3) is 3.00. The average Bonchev–Trinajstić information content (AvgIpc) is 2.83. The first-order chi connectivity index (χ1) is 7.88. The van der Waals surface area contributed by atoms with Gasteiger partial charge in [0.2, 0.25) is 0 Å². The first-order valence-electron chi connectivity index (χ1n) is 5.30. The molecule has 0 bridgehead atoms. The number of rotatable bonds is 5. The maximum Gasteiger partial charge on any atom is 0.119 e. The molecule has 2 aromatic rings. The van der Waals surface area contributed by atoms with Crippen LogP contribution in [0.5, 0.6) is 5.75 Å². The highest BCUT2D eigenvalue weighted by atomic mass is 32.1. The van der Waals surface area contributed by atoms with Gasteiger partial charge in [-0.15, -0.1) is 0 Å². The van der Waals surface area contributed by atoms with Gasteiger partial charge in [0.15, 0.2) is 0 Å². The fourth-order valence-corrected chi connectivity index (χ4v) is 2.14. The standard InChI is InChI=1S/C13H15NOS/c1-14-12-2-4-13(5-3-12)15-8-6-11-7-9-16-10-11/h2-5,7,9-10,14H,6,8H2,1H3. The van der Waals surface area contributed by atoms with Gasteiger partial charge in [-0.25, -0.2) is 0 Å². The zero-order chi connectivity index (χ0) is 11.2. The zero-order valence-electron chi connectivity index (χ0n) is 9.27. The van der Waals surface area contributed by atoms with E-state index >= 15 is 0 Å². The van der Waals surface area contributed by atoms with E-state index in [1.165, 1.54) is 5.56 Å². The maximum atomic E-state index is 5.66. The summed E-state index contributed by atoms with van der Waals surface area (Å²) in [4.78, 5) is 0. The van der Waals surface area contributed by atoms with E-state index in [-0.39, 0.29) is 0 Å². The summed E-state index contributed by atoms with van der Waals surface area (Å²) < 4.78 is 5.66. The zero-order valence-corrected chi connectivity index (χ0v) is 10.1. The van der Waals surface area contributed by atoms with Crippen molar-refractivity contribution in [1.29, 1.82) is 0 Å². The molecule has 0 aliphatic rings. The number of hydrogen-bond acceptors (Lipinski definition) is 3. The summed E-state index contributed by atoms with van der Waals surface area (Å²) in [7, 11) is 1.91. The fourth-order valence-electron chi connectivity index (χ4n) is 1.44. The maximum absolute atomic E-state index is 5.66. The van der Waals surface area contributed by atoms with Crippen molar-refractivity contribution in [2.24, 2.45) is 0 Å². The second kappa shape index (κ2) is 5.56. The minimum atomic E-state index is 0.732. The van der Waals surface area contributed by atoms with Crippen molar-refractivity contribution in [3.63, 3.8) is 0 Å². The Hall–Kier alpha value is -1.48. The van der Waals surface area contributed by atoms with Crippen molar-refractivity contribution in [3.8, 4) is 5.75 Å². The lowest BCUT2D eigenvalue weighted by Crippen LogP contribution is -2.00. The van der Waals surface area contributed by atoms with Crippen molar-refractivity contribution in [1.82, 2.24) is 0 Å².